The lowest BCUT2D eigenvalue weighted by molar-refractivity contribution is 0.630. The highest BCUT2D eigenvalue weighted by atomic mass is 35.5. The van der Waals surface area contributed by atoms with Gasteiger partial charge in [0.05, 0.1) is 12.2 Å². The molecule has 2 N–H and O–H groups in total. The standard InChI is InChI=1S/C11H10ClFN2/c12-8-3-4-11(10(13)6-8)15-7-9-2-1-5-14-9/h1-6,14-15H,7H2. The van der Waals surface area contributed by atoms with E-state index in [1.165, 1.54) is 6.07 Å². The summed E-state index contributed by atoms with van der Waals surface area (Å²) in [7, 11) is 0. The van der Waals surface area contributed by atoms with Crippen molar-refractivity contribution in [2.24, 2.45) is 0 Å². The Hall–Kier alpha value is -1.48. The van der Waals surface area contributed by atoms with Gasteiger partial charge in [-0.25, -0.2) is 4.39 Å². The third kappa shape index (κ3) is 2.50. The second kappa shape index (κ2) is 4.36. The molecule has 0 amide bonds. The average molecular weight is 225 g/mol. The van der Waals surface area contributed by atoms with Crippen molar-refractivity contribution in [1.82, 2.24) is 4.98 Å². The Morgan fingerprint density at radius 3 is 2.87 bits per heavy atom. The first-order valence-corrected chi connectivity index (χ1v) is 4.95. The van der Waals surface area contributed by atoms with Crippen molar-refractivity contribution in [2.75, 3.05) is 5.32 Å². The van der Waals surface area contributed by atoms with E-state index >= 15 is 0 Å². The molecule has 0 atom stereocenters. The van der Waals surface area contributed by atoms with Crippen molar-refractivity contribution in [1.29, 1.82) is 0 Å². The van der Waals surface area contributed by atoms with E-state index in [1.54, 1.807) is 12.1 Å². The third-order valence-corrected chi connectivity index (χ3v) is 2.30. The molecule has 2 nitrogen and oxygen atoms in total. The molecule has 0 radical (unpaired) electrons. The van der Waals surface area contributed by atoms with Gasteiger partial charge in [-0.3, -0.25) is 0 Å². The number of nitrogens with one attached hydrogen (secondary N) is 2. The van der Waals surface area contributed by atoms with Crippen LogP contribution in [0, 0.1) is 5.82 Å². The Kier molecular flexibility index (Phi) is 2.92. The zero-order valence-corrected chi connectivity index (χ0v) is 8.68. The van der Waals surface area contributed by atoms with Crippen LogP contribution < -0.4 is 5.32 Å². The van der Waals surface area contributed by atoms with E-state index in [2.05, 4.69) is 10.3 Å². The molecule has 2 aromatic rings. The summed E-state index contributed by atoms with van der Waals surface area (Å²) >= 11 is 5.64. The number of halogens is 2. The summed E-state index contributed by atoms with van der Waals surface area (Å²) in [4.78, 5) is 3.03. The van der Waals surface area contributed by atoms with Crippen LogP contribution in [0.1, 0.15) is 5.69 Å². The Bertz CT molecular complexity index is 440. The molecule has 0 unspecified atom stereocenters. The molecule has 1 heterocycles. The maximum atomic E-state index is 13.3. The molecule has 0 saturated heterocycles. The topological polar surface area (TPSA) is 27.8 Å². The Labute approximate surface area is 92.1 Å². The van der Waals surface area contributed by atoms with E-state index in [1.807, 2.05) is 18.3 Å². The van der Waals surface area contributed by atoms with Crippen LogP contribution in [0.4, 0.5) is 10.1 Å². The second-order valence-corrected chi connectivity index (χ2v) is 3.61. The van der Waals surface area contributed by atoms with Crippen LogP contribution >= 0.6 is 11.6 Å². The van der Waals surface area contributed by atoms with Crippen molar-refractivity contribution in [2.45, 2.75) is 6.54 Å². The molecule has 1 aromatic heterocycles. The highest BCUT2D eigenvalue weighted by Gasteiger charge is 2.02. The monoisotopic (exact) mass is 224 g/mol. The number of aromatic nitrogens is 1. The predicted molar refractivity (Wildman–Crippen MR) is 59.5 cm³/mol. The van der Waals surface area contributed by atoms with E-state index < -0.39 is 0 Å². The van der Waals surface area contributed by atoms with Crippen LogP contribution in [-0.2, 0) is 6.54 Å². The number of benzene rings is 1. The zero-order chi connectivity index (χ0) is 10.7. The van der Waals surface area contributed by atoms with Gasteiger partial charge in [0, 0.05) is 16.9 Å². The van der Waals surface area contributed by atoms with Gasteiger partial charge in [0.1, 0.15) is 5.82 Å². The smallest absolute Gasteiger partial charge is 0.147 e. The van der Waals surface area contributed by atoms with Crippen LogP contribution in [0.5, 0.6) is 0 Å². The first-order valence-electron chi connectivity index (χ1n) is 4.57. The van der Waals surface area contributed by atoms with Gasteiger partial charge in [0.2, 0.25) is 0 Å². The summed E-state index contributed by atoms with van der Waals surface area (Å²) in [6.45, 7) is 0.561. The molecule has 0 spiro atoms. The molecule has 0 saturated carbocycles. The fraction of sp³-hybridized carbons (Fsp3) is 0.0909. The fourth-order valence-corrected chi connectivity index (χ4v) is 1.46. The highest BCUT2D eigenvalue weighted by Crippen LogP contribution is 2.19. The minimum atomic E-state index is -0.339. The zero-order valence-electron chi connectivity index (χ0n) is 7.93. The van der Waals surface area contributed by atoms with E-state index in [-0.39, 0.29) is 5.82 Å². The predicted octanol–water partition coefficient (Wildman–Crippen LogP) is 3.42. The van der Waals surface area contributed by atoms with Crippen molar-refractivity contribution in [3.8, 4) is 0 Å². The number of anilines is 1. The largest absolute Gasteiger partial charge is 0.377 e. The molecule has 2 rings (SSSR count). The van der Waals surface area contributed by atoms with Gasteiger partial charge in [-0.15, -0.1) is 0 Å². The second-order valence-electron chi connectivity index (χ2n) is 3.17. The summed E-state index contributed by atoms with van der Waals surface area (Å²) in [5, 5.41) is 3.38. The minimum absolute atomic E-state index is 0.339. The number of rotatable bonds is 3. The first kappa shape index (κ1) is 10.1. The third-order valence-electron chi connectivity index (χ3n) is 2.06. The summed E-state index contributed by atoms with van der Waals surface area (Å²) < 4.78 is 13.3. The van der Waals surface area contributed by atoms with Crippen molar-refractivity contribution < 1.29 is 4.39 Å². The molecule has 0 aliphatic heterocycles. The molecule has 0 aliphatic rings. The van der Waals surface area contributed by atoms with Crippen molar-refractivity contribution >= 4 is 17.3 Å². The van der Waals surface area contributed by atoms with E-state index in [4.69, 9.17) is 11.6 Å². The maximum absolute atomic E-state index is 13.3. The van der Waals surface area contributed by atoms with Gasteiger partial charge in [-0.1, -0.05) is 11.6 Å². The highest BCUT2D eigenvalue weighted by molar-refractivity contribution is 6.30. The Morgan fingerprint density at radius 1 is 1.33 bits per heavy atom. The van der Waals surface area contributed by atoms with Crippen molar-refractivity contribution in [3.05, 3.63) is 53.1 Å². The lowest BCUT2D eigenvalue weighted by Crippen LogP contribution is -2.01. The van der Waals surface area contributed by atoms with Gasteiger partial charge < -0.3 is 10.3 Å². The minimum Gasteiger partial charge on any atom is -0.377 e. The summed E-state index contributed by atoms with van der Waals surface area (Å²) in [6, 6.07) is 8.40. The molecule has 0 aliphatic carbocycles. The van der Waals surface area contributed by atoms with Crippen LogP contribution in [0.15, 0.2) is 36.5 Å². The SMILES string of the molecule is Fc1cc(Cl)ccc1NCc1ccc[nH]1. The summed E-state index contributed by atoms with van der Waals surface area (Å²) in [5.74, 6) is -0.339. The molecular formula is C11H10ClFN2. The van der Waals surface area contributed by atoms with E-state index in [0.717, 1.165) is 5.69 Å². The van der Waals surface area contributed by atoms with Crippen LogP contribution in [-0.4, -0.2) is 4.98 Å². The van der Waals surface area contributed by atoms with Crippen LogP contribution in [0.2, 0.25) is 5.02 Å². The number of hydrogen-bond acceptors (Lipinski definition) is 1. The number of H-pyrrole nitrogens is 1. The van der Waals surface area contributed by atoms with Gasteiger partial charge >= 0.3 is 0 Å². The van der Waals surface area contributed by atoms with Gasteiger partial charge in [-0.2, -0.15) is 0 Å². The number of hydrogen-bond donors (Lipinski definition) is 2. The van der Waals surface area contributed by atoms with Crippen molar-refractivity contribution in [3.63, 3.8) is 0 Å². The molecular weight excluding hydrogens is 215 g/mol. The molecule has 78 valence electrons. The van der Waals surface area contributed by atoms with E-state index in [0.29, 0.717) is 17.3 Å². The molecule has 4 heteroatoms. The Morgan fingerprint density at radius 2 is 2.20 bits per heavy atom. The molecule has 0 fully saturated rings. The molecule has 1 aromatic carbocycles. The summed E-state index contributed by atoms with van der Waals surface area (Å²) in [5.41, 5.74) is 1.46. The van der Waals surface area contributed by atoms with Gasteiger partial charge in [0.15, 0.2) is 0 Å². The molecule has 0 bridgehead atoms. The average Bonchev–Trinajstić information content (AvgIpc) is 2.69. The lowest BCUT2D eigenvalue weighted by atomic mass is 10.3. The lowest BCUT2D eigenvalue weighted by Gasteiger charge is -2.06. The first-order chi connectivity index (χ1) is 7.25. The Balaban J connectivity index is 2.05. The van der Waals surface area contributed by atoms with Crippen LogP contribution in [0.3, 0.4) is 0 Å². The quantitative estimate of drug-likeness (QED) is 0.822. The maximum Gasteiger partial charge on any atom is 0.147 e. The van der Waals surface area contributed by atoms with Gasteiger partial charge in [0.25, 0.3) is 0 Å². The fourth-order valence-electron chi connectivity index (χ4n) is 1.30. The number of aromatic amines is 1. The molecule has 15 heavy (non-hydrogen) atoms. The van der Waals surface area contributed by atoms with Crippen LogP contribution in [0.25, 0.3) is 0 Å². The van der Waals surface area contributed by atoms with Gasteiger partial charge in [-0.05, 0) is 30.3 Å². The normalized spacial score (nSPS) is 10.3. The van der Waals surface area contributed by atoms with E-state index in [9.17, 15) is 4.39 Å². The summed E-state index contributed by atoms with van der Waals surface area (Å²) in [6.07, 6.45) is 1.83.